The van der Waals surface area contributed by atoms with Crippen LogP contribution in [0.4, 0.5) is 9.59 Å². The van der Waals surface area contributed by atoms with Crippen molar-refractivity contribution in [1.82, 2.24) is 9.80 Å². The van der Waals surface area contributed by atoms with Crippen molar-refractivity contribution >= 4 is 18.2 Å². The molecule has 1 aromatic heterocycles. The zero-order valence-electron chi connectivity index (χ0n) is 22.5. The summed E-state index contributed by atoms with van der Waals surface area (Å²) in [5.74, 6) is -1.12. The molecule has 1 N–H and O–H groups in total. The largest absolute Gasteiger partial charge is 0.475 e. The number of carbonyl (C=O) groups excluding carboxylic acids is 2. The lowest BCUT2D eigenvalue weighted by atomic mass is 9.98. The van der Waals surface area contributed by atoms with Crippen LogP contribution in [-0.4, -0.2) is 64.4 Å². The van der Waals surface area contributed by atoms with E-state index in [2.05, 4.69) is 24.3 Å². The van der Waals surface area contributed by atoms with E-state index in [0.717, 1.165) is 22.3 Å². The molecular formula is C30H32N2O7. The molecule has 0 unspecified atom stereocenters. The second-order valence-electron chi connectivity index (χ2n) is 11.0. The highest BCUT2D eigenvalue weighted by Crippen LogP contribution is 2.44. The van der Waals surface area contributed by atoms with Crippen molar-refractivity contribution in [2.45, 2.75) is 51.8 Å². The van der Waals surface area contributed by atoms with Gasteiger partial charge in [0.1, 0.15) is 18.0 Å². The van der Waals surface area contributed by atoms with Crippen LogP contribution in [0.1, 0.15) is 59.7 Å². The second kappa shape index (κ2) is 10.1. The molecular weight excluding hydrogens is 500 g/mol. The fraction of sp³-hybridized carbons (Fsp3) is 0.367. The van der Waals surface area contributed by atoms with E-state index in [4.69, 9.17) is 13.9 Å². The summed E-state index contributed by atoms with van der Waals surface area (Å²) in [5, 5.41) is 9.39. The second-order valence-corrected chi connectivity index (χ2v) is 11.0. The summed E-state index contributed by atoms with van der Waals surface area (Å²) in [6, 6.07) is 17.5. The Morgan fingerprint density at radius 2 is 1.62 bits per heavy atom. The smallest absolute Gasteiger partial charge is 0.410 e. The number of fused-ring (bicyclic) bond motifs is 3. The summed E-state index contributed by atoms with van der Waals surface area (Å²) in [5.41, 5.74) is 4.30. The van der Waals surface area contributed by atoms with E-state index in [-0.39, 0.29) is 44.0 Å². The minimum absolute atomic E-state index is 0.0115. The van der Waals surface area contributed by atoms with Crippen molar-refractivity contribution in [3.8, 4) is 11.1 Å². The molecule has 39 heavy (non-hydrogen) atoms. The van der Waals surface area contributed by atoms with E-state index in [0.29, 0.717) is 11.3 Å². The molecule has 204 valence electrons. The molecule has 3 aromatic rings. The van der Waals surface area contributed by atoms with Crippen LogP contribution in [0.5, 0.6) is 0 Å². The number of benzene rings is 2. The van der Waals surface area contributed by atoms with Crippen LogP contribution in [0, 0.1) is 6.92 Å². The van der Waals surface area contributed by atoms with Crippen molar-refractivity contribution in [2.24, 2.45) is 0 Å². The average molecular weight is 533 g/mol. The highest BCUT2D eigenvalue weighted by Gasteiger charge is 2.41. The summed E-state index contributed by atoms with van der Waals surface area (Å²) in [4.78, 5) is 40.5. The van der Waals surface area contributed by atoms with Gasteiger partial charge in [0.15, 0.2) is 0 Å². The van der Waals surface area contributed by atoms with Crippen molar-refractivity contribution < 1.29 is 33.4 Å². The predicted octanol–water partition coefficient (Wildman–Crippen LogP) is 5.66. The third-order valence-electron chi connectivity index (χ3n) is 7.01. The Balaban J connectivity index is 1.33. The first-order chi connectivity index (χ1) is 18.5. The molecule has 2 heterocycles. The Kier molecular flexibility index (Phi) is 6.84. The molecule has 0 atom stereocenters. The maximum Gasteiger partial charge on any atom is 0.410 e. The van der Waals surface area contributed by atoms with E-state index in [1.165, 1.54) is 9.80 Å². The summed E-state index contributed by atoms with van der Waals surface area (Å²) < 4.78 is 16.9. The zero-order valence-corrected chi connectivity index (χ0v) is 22.5. The summed E-state index contributed by atoms with van der Waals surface area (Å²) in [6.07, 6.45) is -1.01. The van der Waals surface area contributed by atoms with Crippen LogP contribution >= 0.6 is 0 Å². The molecule has 9 heteroatoms. The summed E-state index contributed by atoms with van der Waals surface area (Å²) in [6.45, 7) is 7.72. The number of ether oxygens (including phenoxy) is 2. The first-order valence-electron chi connectivity index (χ1n) is 12.9. The minimum atomic E-state index is -1.17. The molecule has 1 aliphatic carbocycles. The number of amides is 2. The number of rotatable bonds is 6. The number of likely N-dealkylation sites (tertiary alicyclic amines) is 1. The van der Waals surface area contributed by atoms with E-state index in [1.807, 2.05) is 24.3 Å². The van der Waals surface area contributed by atoms with Gasteiger partial charge in [-0.3, -0.25) is 4.90 Å². The number of carboxylic acid groups (broad SMARTS) is 1. The van der Waals surface area contributed by atoms with Gasteiger partial charge in [0.25, 0.3) is 0 Å². The van der Waals surface area contributed by atoms with Gasteiger partial charge < -0.3 is 23.9 Å². The van der Waals surface area contributed by atoms with Crippen LogP contribution in [-0.2, 0) is 16.0 Å². The van der Waals surface area contributed by atoms with E-state index >= 15 is 0 Å². The monoisotopic (exact) mass is 532 g/mol. The fourth-order valence-corrected chi connectivity index (χ4v) is 5.15. The van der Waals surface area contributed by atoms with Gasteiger partial charge in [-0.05, 0) is 56.0 Å². The highest BCUT2D eigenvalue weighted by atomic mass is 16.6. The normalized spacial score (nSPS) is 14.8. The van der Waals surface area contributed by atoms with Gasteiger partial charge in [0, 0.05) is 24.6 Å². The lowest BCUT2D eigenvalue weighted by Gasteiger charge is -2.44. The first kappa shape index (κ1) is 26.3. The number of nitrogens with zero attached hydrogens (tertiary/aromatic N) is 2. The Labute approximate surface area is 226 Å². The van der Waals surface area contributed by atoms with Crippen LogP contribution in [0.15, 0.2) is 59.0 Å². The van der Waals surface area contributed by atoms with Crippen LogP contribution in [0.25, 0.3) is 11.1 Å². The minimum Gasteiger partial charge on any atom is -0.475 e. The van der Waals surface area contributed by atoms with Crippen molar-refractivity contribution in [2.75, 3.05) is 19.7 Å². The lowest BCUT2D eigenvalue weighted by Crippen LogP contribution is -2.62. The van der Waals surface area contributed by atoms with Gasteiger partial charge in [-0.2, -0.15) is 0 Å². The maximum absolute atomic E-state index is 13.5. The molecule has 5 rings (SSSR count). The van der Waals surface area contributed by atoms with E-state index in [9.17, 15) is 19.5 Å². The van der Waals surface area contributed by atoms with E-state index in [1.54, 1.807) is 33.8 Å². The quantitative estimate of drug-likeness (QED) is 0.436. The zero-order chi connectivity index (χ0) is 27.9. The molecule has 0 saturated carbocycles. The third kappa shape index (κ3) is 5.34. The highest BCUT2D eigenvalue weighted by molar-refractivity contribution is 5.86. The number of aryl methyl sites for hydroxylation is 1. The molecule has 9 nitrogen and oxygen atoms in total. The van der Waals surface area contributed by atoms with Crippen LogP contribution < -0.4 is 0 Å². The Hall–Kier alpha value is -4.27. The van der Waals surface area contributed by atoms with Crippen molar-refractivity contribution in [3.05, 3.63) is 82.8 Å². The van der Waals surface area contributed by atoms with Crippen LogP contribution in [0.2, 0.25) is 0 Å². The van der Waals surface area contributed by atoms with Gasteiger partial charge in [-0.25, -0.2) is 14.4 Å². The molecule has 0 bridgehead atoms. The van der Waals surface area contributed by atoms with Crippen molar-refractivity contribution in [1.29, 1.82) is 0 Å². The SMILES string of the molecule is Cc1cc(CN(C(=O)OCC2c3ccccc3-c3ccccc32)C2CN(C(=O)OC(C)(C)C)C2)oc1C(=O)O. The van der Waals surface area contributed by atoms with Gasteiger partial charge in [-0.1, -0.05) is 48.5 Å². The number of aromatic carboxylic acids is 1. The van der Waals surface area contributed by atoms with Crippen molar-refractivity contribution in [3.63, 3.8) is 0 Å². The molecule has 1 aliphatic heterocycles. The number of hydrogen-bond donors (Lipinski definition) is 1. The maximum atomic E-state index is 13.5. The molecule has 0 radical (unpaired) electrons. The molecule has 2 aromatic carbocycles. The Morgan fingerprint density at radius 3 is 2.15 bits per heavy atom. The van der Waals surface area contributed by atoms with E-state index < -0.39 is 23.8 Å². The average Bonchev–Trinajstić information content (AvgIpc) is 3.37. The lowest BCUT2D eigenvalue weighted by molar-refractivity contribution is -0.0187. The number of furan rings is 1. The molecule has 0 spiro atoms. The number of carbonyl (C=O) groups is 3. The molecule has 2 aliphatic rings. The molecule has 1 saturated heterocycles. The van der Waals surface area contributed by atoms with Gasteiger partial charge in [0.05, 0.1) is 12.6 Å². The number of carboxylic acids is 1. The Morgan fingerprint density at radius 1 is 1.03 bits per heavy atom. The van der Waals surface area contributed by atoms with Gasteiger partial charge >= 0.3 is 18.2 Å². The topological polar surface area (TPSA) is 110 Å². The van der Waals surface area contributed by atoms with Crippen LogP contribution in [0.3, 0.4) is 0 Å². The first-order valence-corrected chi connectivity index (χ1v) is 12.9. The fourth-order valence-electron chi connectivity index (χ4n) is 5.15. The van der Waals surface area contributed by atoms with Gasteiger partial charge in [-0.15, -0.1) is 0 Å². The predicted molar refractivity (Wildman–Crippen MR) is 143 cm³/mol. The molecule has 2 amide bonds. The third-order valence-corrected chi connectivity index (χ3v) is 7.01. The summed E-state index contributed by atoms with van der Waals surface area (Å²) in [7, 11) is 0. The van der Waals surface area contributed by atoms with Gasteiger partial charge in [0.2, 0.25) is 5.76 Å². The number of hydrogen-bond acceptors (Lipinski definition) is 6. The molecule has 1 fully saturated rings. The Bertz CT molecular complexity index is 1370. The standard InChI is InChI=1S/C30H32N2O7/c1-18-13-20(38-26(18)27(33)34)16-32(19-14-31(15-19)28(35)39-30(2,3)4)29(36)37-17-25-23-11-7-5-9-21(23)22-10-6-8-12-24(22)25/h5-13,19,25H,14-17H2,1-4H3,(H,33,34). The summed E-state index contributed by atoms with van der Waals surface area (Å²) >= 11 is 0.